The molecule has 2 N–H and O–H groups in total. The maximum absolute atomic E-state index is 13.6. The number of nitrogens with zero attached hydrogens (tertiary/aromatic N) is 2. The lowest BCUT2D eigenvalue weighted by molar-refractivity contribution is -0.136. The Labute approximate surface area is 239 Å². The Morgan fingerprint density at radius 1 is 0.805 bits per heavy atom. The first kappa shape index (κ1) is 29.4. The highest BCUT2D eigenvalue weighted by atomic mass is 32.2. The average Bonchev–Trinajstić information content (AvgIpc) is 3.38. The van der Waals surface area contributed by atoms with Crippen molar-refractivity contribution in [2.45, 2.75) is 45.7 Å². The van der Waals surface area contributed by atoms with Gasteiger partial charge in [-0.25, -0.2) is 13.8 Å². The molecule has 0 bridgehead atoms. The SMILES string of the molecule is Cc1ccc(CN(Cc2ccc(/C=N/NC(=O)C(=O)Nc3cc(C)ccc3C)o2)S(=O)(=O)c2ccc(C)cc2)cc1. The van der Waals surface area contributed by atoms with Crippen LogP contribution < -0.4 is 10.7 Å². The highest BCUT2D eigenvalue weighted by Gasteiger charge is 2.26. The maximum Gasteiger partial charge on any atom is 0.329 e. The van der Waals surface area contributed by atoms with E-state index < -0.39 is 21.8 Å². The third-order valence-electron chi connectivity index (χ3n) is 6.36. The van der Waals surface area contributed by atoms with E-state index in [1.165, 1.54) is 10.5 Å². The van der Waals surface area contributed by atoms with Gasteiger partial charge >= 0.3 is 11.8 Å². The molecule has 1 heterocycles. The first-order chi connectivity index (χ1) is 19.5. The lowest BCUT2D eigenvalue weighted by Crippen LogP contribution is -2.32. The standard InChI is InChI=1S/C31H32N4O5S/c1-21-6-11-25(12-7-21)19-35(41(38,39)28-15-8-22(2)9-16-28)20-27-14-13-26(40-27)18-32-34-31(37)30(36)33-29-17-23(3)5-10-24(29)4/h5-18H,19-20H2,1-4H3,(H,33,36)(H,34,37)/b32-18+. The second kappa shape index (κ2) is 12.8. The number of sulfonamides is 1. The fourth-order valence-electron chi connectivity index (χ4n) is 3.96. The van der Waals surface area contributed by atoms with Gasteiger partial charge in [0.1, 0.15) is 11.5 Å². The number of aryl methyl sites for hydroxylation is 4. The van der Waals surface area contributed by atoms with E-state index in [1.54, 1.807) is 42.5 Å². The van der Waals surface area contributed by atoms with Crippen molar-refractivity contribution < 1.29 is 22.4 Å². The molecule has 0 saturated carbocycles. The van der Waals surface area contributed by atoms with Gasteiger partial charge < -0.3 is 9.73 Å². The van der Waals surface area contributed by atoms with Gasteiger partial charge in [-0.2, -0.15) is 9.41 Å². The third kappa shape index (κ3) is 7.77. The molecular weight excluding hydrogens is 540 g/mol. The number of nitrogens with one attached hydrogen (secondary N) is 2. The lowest BCUT2D eigenvalue weighted by Gasteiger charge is -2.21. The lowest BCUT2D eigenvalue weighted by atomic mass is 10.1. The molecule has 4 rings (SSSR count). The van der Waals surface area contributed by atoms with Crippen LogP contribution in [0.5, 0.6) is 0 Å². The summed E-state index contributed by atoms with van der Waals surface area (Å²) in [5.41, 5.74) is 7.35. The van der Waals surface area contributed by atoms with Gasteiger partial charge in [0, 0.05) is 12.2 Å². The van der Waals surface area contributed by atoms with Gasteiger partial charge in [0.25, 0.3) is 0 Å². The summed E-state index contributed by atoms with van der Waals surface area (Å²) in [5, 5.41) is 6.37. The molecule has 0 aliphatic carbocycles. The Balaban J connectivity index is 1.44. The van der Waals surface area contributed by atoms with Crippen LogP contribution in [0.1, 0.15) is 39.3 Å². The molecule has 41 heavy (non-hydrogen) atoms. The molecule has 0 aliphatic rings. The van der Waals surface area contributed by atoms with Crippen LogP contribution in [0.3, 0.4) is 0 Å². The van der Waals surface area contributed by atoms with Crippen LogP contribution >= 0.6 is 0 Å². The van der Waals surface area contributed by atoms with Crippen molar-refractivity contribution in [2.75, 3.05) is 5.32 Å². The number of rotatable bonds is 9. The molecule has 0 spiro atoms. The molecule has 1 aromatic heterocycles. The van der Waals surface area contributed by atoms with Gasteiger partial charge in [-0.05, 0) is 74.7 Å². The number of benzene rings is 3. The summed E-state index contributed by atoms with van der Waals surface area (Å²) in [4.78, 5) is 24.6. The molecule has 0 fully saturated rings. The molecule has 0 unspecified atom stereocenters. The number of hydrazone groups is 1. The number of carbonyl (C=O) groups excluding carboxylic acids is 2. The number of anilines is 1. The van der Waals surface area contributed by atoms with Crippen LogP contribution in [0.4, 0.5) is 5.69 Å². The first-order valence-electron chi connectivity index (χ1n) is 12.9. The molecule has 0 saturated heterocycles. The summed E-state index contributed by atoms with van der Waals surface area (Å²) in [6, 6.07) is 23.1. The van der Waals surface area contributed by atoms with E-state index in [2.05, 4.69) is 15.8 Å². The fraction of sp³-hybridized carbons (Fsp3) is 0.194. The highest BCUT2D eigenvalue weighted by molar-refractivity contribution is 7.89. The number of amides is 2. The van der Waals surface area contributed by atoms with Crippen LogP contribution in [0.25, 0.3) is 0 Å². The molecule has 3 aromatic carbocycles. The van der Waals surface area contributed by atoms with Crippen LogP contribution in [-0.2, 0) is 32.7 Å². The van der Waals surface area contributed by atoms with Gasteiger partial charge in [0.05, 0.1) is 17.7 Å². The highest BCUT2D eigenvalue weighted by Crippen LogP contribution is 2.23. The summed E-state index contributed by atoms with van der Waals surface area (Å²) in [5.74, 6) is -1.14. The summed E-state index contributed by atoms with van der Waals surface area (Å²) < 4.78 is 34.3. The van der Waals surface area contributed by atoms with Gasteiger partial charge in [0.15, 0.2) is 0 Å². The van der Waals surface area contributed by atoms with Crippen molar-refractivity contribution in [3.8, 4) is 0 Å². The number of furan rings is 1. The van der Waals surface area contributed by atoms with Gasteiger partial charge in [-0.1, -0.05) is 59.7 Å². The van der Waals surface area contributed by atoms with E-state index in [0.29, 0.717) is 11.4 Å². The number of hydrogen-bond acceptors (Lipinski definition) is 6. The zero-order chi connectivity index (χ0) is 29.6. The van der Waals surface area contributed by atoms with Crippen LogP contribution in [0, 0.1) is 27.7 Å². The first-order valence-corrected chi connectivity index (χ1v) is 14.4. The third-order valence-corrected chi connectivity index (χ3v) is 8.16. The molecule has 9 nitrogen and oxygen atoms in total. The monoisotopic (exact) mass is 572 g/mol. The van der Waals surface area contributed by atoms with E-state index in [1.807, 2.05) is 64.1 Å². The zero-order valence-corrected chi connectivity index (χ0v) is 24.2. The van der Waals surface area contributed by atoms with Crippen molar-refractivity contribution in [1.82, 2.24) is 9.73 Å². The second-order valence-electron chi connectivity index (χ2n) is 9.85. The molecule has 10 heteroatoms. The molecule has 2 amide bonds. The summed E-state index contributed by atoms with van der Waals surface area (Å²) >= 11 is 0. The van der Waals surface area contributed by atoms with E-state index in [0.717, 1.165) is 27.8 Å². The predicted octanol–water partition coefficient (Wildman–Crippen LogP) is 4.99. The largest absolute Gasteiger partial charge is 0.459 e. The second-order valence-corrected chi connectivity index (χ2v) is 11.8. The van der Waals surface area contributed by atoms with Crippen molar-refractivity contribution in [3.05, 3.63) is 118 Å². The Morgan fingerprint density at radius 3 is 2.12 bits per heavy atom. The smallest absolute Gasteiger partial charge is 0.329 e. The minimum absolute atomic E-state index is 0.0253. The van der Waals surface area contributed by atoms with Crippen molar-refractivity contribution in [3.63, 3.8) is 0 Å². The molecule has 0 atom stereocenters. The Hall–Kier alpha value is -4.54. The molecule has 0 aliphatic heterocycles. The quantitative estimate of drug-likeness (QED) is 0.166. The predicted molar refractivity (Wildman–Crippen MR) is 158 cm³/mol. The summed E-state index contributed by atoms with van der Waals surface area (Å²) in [6.45, 7) is 7.70. The average molecular weight is 573 g/mol. The van der Waals surface area contributed by atoms with Crippen molar-refractivity contribution >= 4 is 33.7 Å². The number of carbonyl (C=O) groups is 2. The molecule has 4 aromatic rings. The van der Waals surface area contributed by atoms with E-state index in [4.69, 9.17) is 4.42 Å². The van der Waals surface area contributed by atoms with Gasteiger partial charge in [-0.15, -0.1) is 0 Å². The Morgan fingerprint density at radius 2 is 1.44 bits per heavy atom. The molecule has 212 valence electrons. The Kier molecular flexibility index (Phi) is 9.16. The maximum atomic E-state index is 13.6. The zero-order valence-electron chi connectivity index (χ0n) is 23.3. The van der Waals surface area contributed by atoms with Crippen LogP contribution in [0.15, 0.2) is 93.3 Å². The van der Waals surface area contributed by atoms with Crippen molar-refractivity contribution in [1.29, 1.82) is 0 Å². The summed E-state index contributed by atoms with van der Waals surface area (Å²) in [7, 11) is -3.85. The Bertz CT molecular complexity index is 1670. The molecule has 0 radical (unpaired) electrons. The summed E-state index contributed by atoms with van der Waals surface area (Å²) in [6.07, 6.45) is 1.24. The molecular formula is C31H32N4O5S. The minimum atomic E-state index is -3.85. The van der Waals surface area contributed by atoms with Crippen LogP contribution in [-0.4, -0.2) is 30.8 Å². The van der Waals surface area contributed by atoms with E-state index in [-0.39, 0.29) is 23.7 Å². The minimum Gasteiger partial charge on any atom is -0.459 e. The topological polar surface area (TPSA) is 121 Å². The normalized spacial score (nSPS) is 11.6. The van der Waals surface area contributed by atoms with Gasteiger partial charge in [-0.3, -0.25) is 9.59 Å². The van der Waals surface area contributed by atoms with Gasteiger partial charge in [0.2, 0.25) is 10.0 Å². The van der Waals surface area contributed by atoms with Crippen molar-refractivity contribution in [2.24, 2.45) is 5.10 Å². The number of hydrogen-bond donors (Lipinski definition) is 2. The van der Waals surface area contributed by atoms with E-state index in [9.17, 15) is 18.0 Å². The van der Waals surface area contributed by atoms with Crippen LogP contribution in [0.2, 0.25) is 0 Å². The van der Waals surface area contributed by atoms with E-state index >= 15 is 0 Å². The fourth-order valence-corrected chi connectivity index (χ4v) is 5.35.